The molecule has 0 bridgehead atoms. The highest BCUT2D eigenvalue weighted by atomic mass is 14.7. The molecule has 0 fully saturated rings. The van der Waals surface area contributed by atoms with Crippen molar-refractivity contribution in [2.45, 2.75) is 39.2 Å². The molecule has 1 atom stereocenters. The van der Waals surface area contributed by atoms with Crippen LogP contribution >= 0.6 is 0 Å². The first kappa shape index (κ1) is 10.2. The van der Waals surface area contributed by atoms with Gasteiger partial charge in [-0.2, -0.15) is 0 Å². The molecule has 1 heterocycles. The Labute approximate surface area is 80.2 Å². The van der Waals surface area contributed by atoms with Crippen LogP contribution in [0.4, 0.5) is 0 Å². The van der Waals surface area contributed by atoms with E-state index in [4.69, 9.17) is 5.73 Å². The summed E-state index contributed by atoms with van der Waals surface area (Å²) < 4.78 is 0. The topological polar surface area (TPSA) is 38.9 Å². The first-order chi connectivity index (χ1) is 6.24. The maximum Gasteiger partial charge on any atom is 0.0375 e. The molecular weight excluding hydrogens is 160 g/mol. The lowest BCUT2D eigenvalue weighted by Gasteiger charge is -2.11. The van der Waals surface area contributed by atoms with Gasteiger partial charge in [0.2, 0.25) is 0 Å². The summed E-state index contributed by atoms with van der Waals surface area (Å²) in [6, 6.07) is 4.26. The molecular formula is C11H18N2. The zero-order valence-electron chi connectivity index (χ0n) is 8.46. The highest BCUT2D eigenvalue weighted by Gasteiger charge is 2.04. The van der Waals surface area contributed by atoms with Crippen molar-refractivity contribution in [1.29, 1.82) is 0 Å². The number of unbranched alkanes of at least 4 members (excludes halogenated alkanes) is 1. The van der Waals surface area contributed by atoms with Crippen molar-refractivity contribution < 1.29 is 0 Å². The lowest BCUT2D eigenvalue weighted by atomic mass is 10.0. The Kier molecular flexibility index (Phi) is 3.90. The van der Waals surface area contributed by atoms with E-state index in [1.807, 2.05) is 19.2 Å². The number of pyridine rings is 1. The van der Waals surface area contributed by atoms with Gasteiger partial charge in [0, 0.05) is 17.9 Å². The van der Waals surface area contributed by atoms with E-state index in [9.17, 15) is 0 Å². The standard InChI is InChI=1S/C11H18N2/c1-3-4-5-11(12)10-6-7-13-9(2)8-10/h6-8,11H,3-5,12H2,1-2H3/t11-/m1/s1. The molecule has 0 spiro atoms. The first-order valence-electron chi connectivity index (χ1n) is 4.92. The largest absolute Gasteiger partial charge is 0.324 e. The molecule has 0 aliphatic rings. The number of aryl methyl sites for hydroxylation is 1. The summed E-state index contributed by atoms with van der Waals surface area (Å²) in [7, 11) is 0. The number of aromatic nitrogens is 1. The van der Waals surface area contributed by atoms with Crippen LogP contribution in [-0.2, 0) is 0 Å². The van der Waals surface area contributed by atoms with Gasteiger partial charge < -0.3 is 5.73 Å². The Balaban J connectivity index is 2.60. The molecule has 0 aliphatic carbocycles. The lowest BCUT2D eigenvalue weighted by Crippen LogP contribution is -2.10. The van der Waals surface area contributed by atoms with E-state index in [1.54, 1.807) is 0 Å². The van der Waals surface area contributed by atoms with Crippen LogP contribution in [0.15, 0.2) is 18.3 Å². The quantitative estimate of drug-likeness (QED) is 0.769. The minimum atomic E-state index is 0.182. The average Bonchev–Trinajstić information content (AvgIpc) is 2.14. The Hall–Kier alpha value is -0.890. The lowest BCUT2D eigenvalue weighted by molar-refractivity contribution is 0.602. The third-order valence-electron chi connectivity index (χ3n) is 2.22. The smallest absolute Gasteiger partial charge is 0.0375 e. The van der Waals surface area contributed by atoms with E-state index >= 15 is 0 Å². The molecule has 13 heavy (non-hydrogen) atoms. The summed E-state index contributed by atoms with van der Waals surface area (Å²) in [5.41, 5.74) is 8.28. The maximum absolute atomic E-state index is 6.02. The van der Waals surface area contributed by atoms with Crippen molar-refractivity contribution in [3.05, 3.63) is 29.6 Å². The zero-order valence-corrected chi connectivity index (χ0v) is 8.46. The molecule has 0 saturated heterocycles. The molecule has 2 heteroatoms. The molecule has 2 N–H and O–H groups in total. The van der Waals surface area contributed by atoms with E-state index in [0.717, 1.165) is 12.1 Å². The second kappa shape index (κ2) is 4.97. The molecule has 1 rings (SSSR count). The van der Waals surface area contributed by atoms with Crippen LogP contribution in [-0.4, -0.2) is 4.98 Å². The van der Waals surface area contributed by atoms with Crippen LogP contribution < -0.4 is 5.73 Å². The van der Waals surface area contributed by atoms with Crippen molar-refractivity contribution in [1.82, 2.24) is 4.98 Å². The maximum atomic E-state index is 6.02. The van der Waals surface area contributed by atoms with Crippen LogP contribution in [0.25, 0.3) is 0 Å². The highest BCUT2D eigenvalue weighted by Crippen LogP contribution is 2.16. The molecule has 0 amide bonds. The van der Waals surface area contributed by atoms with Crippen LogP contribution in [0.2, 0.25) is 0 Å². The van der Waals surface area contributed by atoms with Crippen LogP contribution in [0, 0.1) is 6.92 Å². The van der Waals surface area contributed by atoms with Gasteiger partial charge in [-0.3, -0.25) is 4.98 Å². The average molecular weight is 178 g/mol. The third-order valence-corrected chi connectivity index (χ3v) is 2.22. The molecule has 1 aromatic rings. The van der Waals surface area contributed by atoms with Gasteiger partial charge in [0.05, 0.1) is 0 Å². The van der Waals surface area contributed by atoms with E-state index < -0.39 is 0 Å². The number of rotatable bonds is 4. The van der Waals surface area contributed by atoms with Crippen molar-refractivity contribution in [2.24, 2.45) is 5.73 Å². The van der Waals surface area contributed by atoms with Crippen molar-refractivity contribution in [3.63, 3.8) is 0 Å². The predicted molar refractivity (Wildman–Crippen MR) is 55.4 cm³/mol. The number of nitrogens with zero attached hydrogens (tertiary/aromatic N) is 1. The number of nitrogens with two attached hydrogens (primary N) is 1. The summed E-state index contributed by atoms with van der Waals surface area (Å²) >= 11 is 0. The Morgan fingerprint density at radius 2 is 2.31 bits per heavy atom. The molecule has 0 unspecified atom stereocenters. The van der Waals surface area contributed by atoms with Crippen LogP contribution in [0.5, 0.6) is 0 Å². The fourth-order valence-corrected chi connectivity index (χ4v) is 1.39. The number of hydrogen-bond acceptors (Lipinski definition) is 2. The Morgan fingerprint density at radius 1 is 1.54 bits per heavy atom. The monoisotopic (exact) mass is 178 g/mol. The van der Waals surface area contributed by atoms with Crippen LogP contribution in [0.1, 0.15) is 43.5 Å². The SMILES string of the molecule is CCCC[C@@H](N)c1ccnc(C)c1. The van der Waals surface area contributed by atoms with E-state index in [-0.39, 0.29) is 6.04 Å². The molecule has 0 aromatic carbocycles. The van der Waals surface area contributed by atoms with Gasteiger partial charge in [0.25, 0.3) is 0 Å². The van der Waals surface area contributed by atoms with Gasteiger partial charge in [0.1, 0.15) is 0 Å². The third kappa shape index (κ3) is 3.15. The van der Waals surface area contributed by atoms with Crippen LogP contribution in [0.3, 0.4) is 0 Å². The van der Waals surface area contributed by atoms with E-state index in [2.05, 4.69) is 18.0 Å². The Bertz CT molecular complexity index is 258. The molecule has 72 valence electrons. The first-order valence-corrected chi connectivity index (χ1v) is 4.92. The van der Waals surface area contributed by atoms with Gasteiger partial charge >= 0.3 is 0 Å². The van der Waals surface area contributed by atoms with Crippen molar-refractivity contribution in [3.8, 4) is 0 Å². The van der Waals surface area contributed by atoms with Gasteiger partial charge in [-0.05, 0) is 31.0 Å². The molecule has 0 saturated carbocycles. The van der Waals surface area contributed by atoms with Gasteiger partial charge in [-0.1, -0.05) is 19.8 Å². The molecule has 1 aromatic heterocycles. The van der Waals surface area contributed by atoms with Gasteiger partial charge in [0.15, 0.2) is 0 Å². The van der Waals surface area contributed by atoms with E-state index in [0.29, 0.717) is 0 Å². The van der Waals surface area contributed by atoms with Crippen molar-refractivity contribution in [2.75, 3.05) is 0 Å². The molecule has 2 nitrogen and oxygen atoms in total. The normalized spacial score (nSPS) is 12.8. The summed E-state index contributed by atoms with van der Waals surface area (Å²) in [5.74, 6) is 0. The molecule has 0 aliphatic heterocycles. The summed E-state index contributed by atoms with van der Waals surface area (Å²) in [6.45, 7) is 4.18. The summed E-state index contributed by atoms with van der Waals surface area (Å²) in [6.07, 6.45) is 5.30. The second-order valence-electron chi connectivity index (χ2n) is 3.48. The fourth-order valence-electron chi connectivity index (χ4n) is 1.39. The zero-order chi connectivity index (χ0) is 9.68. The van der Waals surface area contributed by atoms with Crippen molar-refractivity contribution >= 4 is 0 Å². The second-order valence-corrected chi connectivity index (χ2v) is 3.48. The highest BCUT2D eigenvalue weighted by molar-refractivity contribution is 5.18. The van der Waals surface area contributed by atoms with Gasteiger partial charge in [-0.25, -0.2) is 0 Å². The molecule has 0 radical (unpaired) electrons. The summed E-state index contributed by atoms with van der Waals surface area (Å²) in [4.78, 5) is 4.15. The van der Waals surface area contributed by atoms with Gasteiger partial charge in [-0.15, -0.1) is 0 Å². The van der Waals surface area contributed by atoms with E-state index in [1.165, 1.54) is 18.4 Å². The predicted octanol–water partition coefficient (Wildman–Crippen LogP) is 2.58. The number of hydrogen-bond donors (Lipinski definition) is 1. The minimum Gasteiger partial charge on any atom is -0.324 e. The summed E-state index contributed by atoms with van der Waals surface area (Å²) in [5, 5.41) is 0. The fraction of sp³-hybridized carbons (Fsp3) is 0.545. The minimum absolute atomic E-state index is 0.182. The Morgan fingerprint density at radius 3 is 2.92 bits per heavy atom.